The van der Waals surface area contributed by atoms with Gasteiger partial charge in [-0.05, 0) is 36.1 Å². The van der Waals surface area contributed by atoms with Gasteiger partial charge in [0, 0.05) is 10.9 Å². The second-order valence-corrected chi connectivity index (χ2v) is 5.72. The van der Waals surface area contributed by atoms with Crippen molar-refractivity contribution in [3.63, 3.8) is 0 Å². The van der Waals surface area contributed by atoms with Crippen molar-refractivity contribution in [2.24, 2.45) is 0 Å². The minimum atomic E-state index is -1.16. The molecule has 1 aliphatic rings. The van der Waals surface area contributed by atoms with Crippen LogP contribution in [0.25, 0.3) is 0 Å². The first-order chi connectivity index (χ1) is 8.94. The van der Waals surface area contributed by atoms with Crippen LogP contribution in [0.15, 0.2) is 22.7 Å². The molecule has 2 rings (SSSR count). The molecule has 0 aliphatic heterocycles. The number of Topliss-reactive ketones (excluding diaryl/α,β-unsaturated/α-hetero) is 1. The molecule has 1 atom stereocenters. The number of aryl methyl sites for hydroxylation is 1. The van der Waals surface area contributed by atoms with Crippen molar-refractivity contribution in [2.75, 3.05) is 7.11 Å². The molecule has 20 heavy (non-hydrogen) atoms. The van der Waals surface area contributed by atoms with E-state index in [-0.39, 0.29) is 49.6 Å². The van der Waals surface area contributed by atoms with E-state index in [4.69, 9.17) is 0 Å². The van der Waals surface area contributed by atoms with Crippen molar-refractivity contribution in [3.8, 4) is 0 Å². The monoisotopic (exact) mass is 350 g/mol. The molecule has 0 heterocycles. The van der Waals surface area contributed by atoms with Gasteiger partial charge in [0.2, 0.25) is 0 Å². The number of methoxy groups -OCH3 is 1. The Balaban J connectivity index is 0.00000200. The summed E-state index contributed by atoms with van der Waals surface area (Å²) in [4.78, 5) is 22.9. The number of hydrogen-bond donors (Lipinski definition) is 1. The van der Waals surface area contributed by atoms with Crippen molar-refractivity contribution in [2.45, 2.75) is 31.3 Å². The van der Waals surface area contributed by atoms with Gasteiger partial charge < -0.3 is 11.3 Å². The molecule has 1 aromatic rings. The van der Waals surface area contributed by atoms with E-state index in [1.807, 2.05) is 18.2 Å². The standard InChI is InChI=1S/C14H15BrO4.Na.H/c1-19-13(17)7-11(16)8-14(18)5-4-9-2-3-10(15)6-12(9)14;;/h2-3,6,18H,4-5,7-8H2,1H3;;/q;+1;-1. The molecule has 0 spiro atoms. The molecule has 0 fully saturated rings. The Bertz CT molecular complexity index is 538. The summed E-state index contributed by atoms with van der Waals surface area (Å²) < 4.78 is 5.33. The van der Waals surface area contributed by atoms with Crippen molar-refractivity contribution in [3.05, 3.63) is 33.8 Å². The summed E-state index contributed by atoms with van der Waals surface area (Å²) >= 11 is 3.36. The molecule has 1 aromatic carbocycles. The van der Waals surface area contributed by atoms with Crippen LogP contribution in [0.2, 0.25) is 0 Å². The zero-order valence-corrected chi connectivity index (χ0v) is 15.2. The fraction of sp³-hybridized carbons (Fsp3) is 0.429. The van der Waals surface area contributed by atoms with Gasteiger partial charge in [-0.1, -0.05) is 22.0 Å². The van der Waals surface area contributed by atoms with Gasteiger partial charge in [-0.3, -0.25) is 9.59 Å². The number of rotatable bonds is 4. The van der Waals surface area contributed by atoms with E-state index in [1.165, 1.54) is 7.11 Å². The molecular weight excluding hydrogens is 335 g/mol. The van der Waals surface area contributed by atoms with Gasteiger partial charge in [0.25, 0.3) is 0 Å². The summed E-state index contributed by atoms with van der Waals surface area (Å²) in [5.41, 5.74) is 0.668. The largest absolute Gasteiger partial charge is 1.00 e. The summed E-state index contributed by atoms with van der Waals surface area (Å²) in [5.74, 6) is -0.872. The minimum absolute atomic E-state index is 0. The molecule has 0 radical (unpaired) electrons. The number of ketones is 1. The van der Waals surface area contributed by atoms with Crippen molar-refractivity contribution in [1.29, 1.82) is 0 Å². The summed E-state index contributed by atoms with van der Waals surface area (Å²) in [7, 11) is 1.24. The molecule has 1 unspecified atom stereocenters. The molecule has 104 valence electrons. The maximum absolute atomic E-state index is 11.8. The quantitative estimate of drug-likeness (QED) is 0.439. The fourth-order valence-corrected chi connectivity index (χ4v) is 2.84. The van der Waals surface area contributed by atoms with Crippen LogP contribution in [-0.2, 0) is 26.3 Å². The number of aliphatic hydroxyl groups is 1. The Morgan fingerprint density at radius 3 is 2.85 bits per heavy atom. The zero-order chi connectivity index (χ0) is 14.0. The maximum atomic E-state index is 11.8. The van der Waals surface area contributed by atoms with Crippen LogP contribution in [0, 0.1) is 0 Å². The molecule has 1 N–H and O–H groups in total. The molecule has 1 aliphatic carbocycles. The number of fused-ring (bicyclic) bond motifs is 1. The minimum Gasteiger partial charge on any atom is -1.00 e. The van der Waals surface area contributed by atoms with Gasteiger partial charge in [-0.2, -0.15) is 0 Å². The van der Waals surface area contributed by atoms with Crippen LogP contribution >= 0.6 is 15.9 Å². The zero-order valence-electron chi connectivity index (χ0n) is 12.6. The average Bonchev–Trinajstić information content (AvgIpc) is 2.66. The van der Waals surface area contributed by atoms with E-state index < -0.39 is 11.6 Å². The third-order valence-electron chi connectivity index (χ3n) is 3.44. The van der Waals surface area contributed by atoms with E-state index in [0.717, 1.165) is 22.0 Å². The number of carbonyl (C=O) groups is 2. The predicted octanol–water partition coefficient (Wildman–Crippen LogP) is -0.778. The van der Waals surface area contributed by atoms with E-state index in [0.29, 0.717) is 6.42 Å². The average molecular weight is 351 g/mol. The smallest absolute Gasteiger partial charge is 1.00 e. The number of ether oxygens (including phenoxy) is 1. The second kappa shape index (κ2) is 7.18. The number of benzene rings is 1. The molecule has 0 bridgehead atoms. The number of carbonyl (C=O) groups excluding carboxylic acids is 2. The van der Waals surface area contributed by atoms with Gasteiger partial charge in [0.15, 0.2) is 0 Å². The van der Waals surface area contributed by atoms with Crippen molar-refractivity contribution < 1.29 is 50.4 Å². The predicted molar refractivity (Wildman–Crippen MR) is 73.7 cm³/mol. The van der Waals surface area contributed by atoms with Crippen molar-refractivity contribution in [1.82, 2.24) is 0 Å². The number of esters is 1. The van der Waals surface area contributed by atoms with E-state index in [1.54, 1.807) is 0 Å². The first-order valence-corrected chi connectivity index (χ1v) is 6.84. The maximum Gasteiger partial charge on any atom is 1.00 e. The summed E-state index contributed by atoms with van der Waals surface area (Å²) in [6.45, 7) is 0. The second-order valence-electron chi connectivity index (χ2n) is 4.80. The van der Waals surface area contributed by atoms with E-state index in [9.17, 15) is 14.7 Å². The van der Waals surface area contributed by atoms with Gasteiger partial charge in [-0.25, -0.2) is 0 Å². The third kappa shape index (κ3) is 3.92. The van der Waals surface area contributed by atoms with E-state index >= 15 is 0 Å². The Labute approximate surface area is 149 Å². The topological polar surface area (TPSA) is 63.6 Å². The van der Waals surface area contributed by atoms with E-state index in [2.05, 4.69) is 20.7 Å². The normalized spacial score (nSPS) is 19.9. The third-order valence-corrected chi connectivity index (χ3v) is 3.93. The van der Waals surface area contributed by atoms with Gasteiger partial charge in [0.05, 0.1) is 12.7 Å². The van der Waals surface area contributed by atoms with Gasteiger partial charge in [-0.15, -0.1) is 0 Å². The van der Waals surface area contributed by atoms with Crippen LogP contribution in [-0.4, -0.2) is 24.0 Å². The fourth-order valence-electron chi connectivity index (χ4n) is 2.48. The van der Waals surface area contributed by atoms with Gasteiger partial charge in [0.1, 0.15) is 12.2 Å². The summed E-state index contributed by atoms with van der Waals surface area (Å²) in [6.07, 6.45) is 0.907. The van der Waals surface area contributed by atoms with Crippen LogP contribution in [0.3, 0.4) is 0 Å². The number of halogens is 1. The molecule has 0 amide bonds. The van der Waals surface area contributed by atoms with Crippen LogP contribution in [0.5, 0.6) is 0 Å². The van der Waals surface area contributed by atoms with Crippen LogP contribution in [0.1, 0.15) is 31.8 Å². The SMILES string of the molecule is COC(=O)CC(=O)CC1(O)CCc2ccc(Br)cc21.[H-].[Na+]. The molecule has 4 nitrogen and oxygen atoms in total. The summed E-state index contributed by atoms with van der Waals surface area (Å²) in [6, 6.07) is 5.71. The summed E-state index contributed by atoms with van der Waals surface area (Å²) in [5, 5.41) is 10.6. The number of hydrogen-bond acceptors (Lipinski definition) is 4. The Morgan fingerprint density at radius 2 is 2.20 bits per heavy atom. The molecule has 0 saturated carbocycles. The first kappa shape index (κ1) is 17.9. The Kier molecular flexibility index (Phi) is 6.41. The van der Waals surface area contributed by atoms with Crippen LogP contribution < -0.4 is 29.6 Å². The first-order valence-electron chi connectivity index (χ1n) is 6.04. The molecule has 0 aromatic heterocycles. The Hall–Kier alpha value is -0.200. The van der Waals surface area contributed by atoms with Crippen molar-refractivity contribution >= 4 is 27.7 Å². The Morgan fingerprint density at radius 1 is 1.50 bits per heavy atom. The van der Waals surface area contributed by atoms with Crippen LogP contribution in [0.4, 0.5) is 0 Å². The molecule has 0 saturated heterocycles. The molecular formula is C14H16BrNaO4. The molecule has 6 heteroatoms. The van der Waals surface area contributed by atoms with Gasteiger partial charge >= 0.3 is 35.5 Å².